The van der Waals surface area contributed by atoms with Gasteiger partial charge in [0.25, 0.3) is 0 Å². The maximum atomic E-state index is 13.3. The first-order chi connectivity index (χ1) is 7.59. The first-order valence-corrected chi connectivity index (χ1v) is 4.88. The molecule has 0 aliphatic heterocycles. The number of carbonyl (C=O) groups is 2. The van der Waals surface area contributed by atoms with Gasteiger partial charge in [0.2, 0.25) is 0 Å². The lowest BCUT2D eigenvalue weighted by Gasteiger charge is -2.01. The molecule has 0 saturated heterocycles. The topological polar surface area (TPSA) is 49.9 Å². The third-order valence-corrected chi connectivity index (χ3v) is 2.38. The summed E-state index contributed by atoms with van der Waals surface area (Å²) >= 11 is 0. The zero-order chi connectivity index (χ0) is 11.7. The van der Waals surface area contributed by atoms with Crippen LogP contribution >= 0.6 is 0 Å². The maximum Gasteiger partial charge on any atom is 0.172 e. The molecule has 4 heteroatoms. The summed E-state index contributed by atoms with van der Waals surface area (Å²) in [4.78, 5) is 25.4. The largest absolute Gasteiger partial charge is 0.360 e. The van der Waals surface area contributed by atoms with Crippen LogP contribution in [0.25, 0.3) is 10.9 Å². The van der Waals surface area contributed by atoms with Crippen LogP contribution in [0.2, 0.25) is 0 Å². The minimum atomic E-state index is -0.379. The van der Waals surface area contributed by atoms with Crippen LogP contribution < -0.4 is 0 Å². The molecule has 1 aromatic carbocycles. The van der Waals surface area contributed by atoms with Gasteiger partial charge in [-0.2, -0.15) is 0 Å². The Bertz CT molecular complexity index is 571. The minimum absolute atomic E-state index is 0.153. The fourth-order valence-corrected chi connectivity index (χ4v) is 1.67. The quantitative estimate of drug-likeness (QED) is 0.636. The highest BCUT2D eigenvalue weighted by atomic mass is 19.1. The summed E-state index contributed by atoms with van der Waals surface area (Å²) < 4.78 is 13.3. The molecule has 1 N–H and O–H groups in total. The number of H-pyrrole nitrogens is 1. The molecule has 1 heterocycles. The van der Waals surface area contributed by atoms with Gasteiger partial charge < -0.3 is 4.98 Å². The van der Waals surface area contributed by atoms with E-state index in [1.165, 1.54) is 19.1 Å². The SMILES string of the molecule is CC(=O)CC(=O)c1ccc(F)c2cc[nH]c12. The van der Waals surface area contributed by atoms with E-state index < -0.39 is 0 Å². The van der Waals surface area contributed by atoms with E-state index in [9.17, 15) is 14.0 Å². The maximum absolute atomic E-state index is 13.3. The average Bonchev–Trinajstić information content (AvgIpc) is 2.66. The molecule has 0 aliphatic rings. The summed E-state index contributed by atoms with van der Waals surface area (Å²) in [5, 5.41) is 0.370. The minimum Gasteiger partial charge on any atom is -0.360 e. The molecule has 0 spiro atoms. The Hall–Kier alpha value is -1.97. The number of benzene rings is 1. The van der Waals surface area contributed by atoms with Gasteiger partial charge in [0, 0.05) is 17.1 Å². The molecule has 0 amide bonds. The molecule has 0 radical (unpaired) electrons. The Kier molecular flexibility index (Phi) is 2.56. The Morgan fingerprint density at radius 2 is 2.06 bits per heavy atom. The van der Waals surface area contributed by atoms with Gasteiger partial charge in [-0.15, -0.1) is 0 Å². The van der Waals surface area contributed by atoms with Crippen molar-refractivity contribution in [3.8, 4) is 0 Å². The van der Waals surface area contributed by atoms with Gasteiger partial charge in [0.15, 0.2) is 5.78 Å². The lowest BCUT2D eigenvalue weighted by molar-refractivity contribution is -0.116. The number of hydrogen-bond donors (Lipinski definition) is 1. The number of fused-ring (bicyclic) bond motifs is 1. The van der Waals surface area contributed by atoms with Gasteiger partial charge in [-0.05, 0) is 25.1 Å². The van der Waals surface area contributed by atoms with Gasteiger partial charge in [-0.25, -0.2) is 4.39 Å². The van der Waals surface area contributed by atoms with E-state index in [0.717, 1.165) is 0 Å². The number of hydrogen-bond acceptors (Lipinski definition) is 2. The standard InChI is InChI=1S/C12H10FNO2/c1-7(15)6-11(16)9-2-3-10(13)8-4-5-14-12(8)9/h2-5,14H,6H2,1H3. The van der Waals surface area contributed by atoms with Gasteiger partial charge in [0.1, 0.15) is 11.6 Å². The molecule has 16 heavy (non-hydrogen) atoms. The third-order valence-electron chi connectivity index (χ3n) is 2.38. The molecule has 0 fully saturated rings. The summed E-state index contributed by atoms with van der Waals surface area (Å²) in [6, 6.07) is 4.21. The van der Waals surface area contributed by atoms with E-state index in [0.29, 0.717) is 16.5 Å². The first kappa shape index (κ1) is 10.5. The second-order valence-corrected chi connectivity index (χ2v) is 3.66. The number of aromatic nitrogens is 1. The van der Waals surface area contributed by atoms with Crippen molar-refractivity contribution in [2.45, 2.75) is 13.3 Å². The fraction of sp³-hybridized carbons (Fsp3) is 0.167. The lowest BCUT2D eigenvalue weighted by Crippen LogP contribution is -2.05. The second-order valence-electron chi connectivity index (χ2n) is 3.66. The molecule has 0 aliphatic carbocycles. The molecule has 3 nitrogen and oxygen atoms in total. The van der Waals surface area contributed by atoms with Crippen LogP contribution in [0.5, 0.6) is 0 Å². The van der Waals surface area contributed by atoms with Crippen molar-refractivity contribution in [1.29, 1.82) is 0 Å². The highest BCUT2D eigenvalue weighted by Gasteiger charge is 2.14. The molecule has 82 valence electrons. The van der Waals surface area contributed by atoms with Crippen molar-refractivity contribution < 1.29 is 14.0 Å². The van der Waals surface area contributed by atoms with E-state index >= 15 is 0 Å². The highest BCUT2D eigenvalue weighted by Crippen LogP contribution is 2.21. The summed E-state index contributed by atoms with van der Waals surface area (Å²) in [5.41, 5.74) is 0.808. The monoisotopic (exact) mass is 219 g/mol. The Labute approximate surface area is 91.3 Å². The van der Waals surface area contributed by atoms with Gasteiger partial charge >= 0.3 is 0 Å². The zero-order valence-electron chi connectivity index (χ0n) is 8.71. The summed E-state index contributed by atoms with van der Waals surface area (Å²) in [7, 11) is 0. The molecular weight excluding hydrogens is 209 g/mol. The van der Waals surface area contributed by atoms with Crippen molar-refractivity contribution in [3.63, 3.8) is 0 Å². The highest BCUT2D eigenvalue weighted by molar-refractivity contribution is 6.13. The number of carbonyl (C=O) groups excluding carboxylic acids is 2. The number of rotatable bonds is 3. The number of ketones is 2. The van der Waals surface area contributed by atoms with Crippen molar-refractivity contribution in [1.82, 2.24) is 4.98 Å². The average molecular weight is 219 g/mol. The predicted molar refractivity (Wildman–Crippen MR) is 57.9 cm³/mol. The van der Waals surface area contributed by atoms with Crippen LogP contribution in [0.1, 0.15) is 23.7 Å². The Morgan fingerprint density at radius 1 is 1.31 bits per heavy atom. The van der Waals surface area contributed by atoms with Crippen molar-refractivity contribution in [2.24, 2.45) is 0 Å². The van der Waals surface area contributed by atoms with E-state index in [1.807, 2.05) is 0 Å². The predicted octanol–water partition coefficient (Wildman–Crippen LogP) is 2.47. The molecule has 0 saturated carbocycles. The third kappa shape index (κ3) is 1.74. The van der Waals surface area contributed by atoms with E-state index in [4.69, 9.17) is 0 Å². The van der Waals surface area contributed by atoms with E-state index in [-0.39, 0.29) is 23.8 Å². The number of Topliss-reactive ketones (excluding diaryl/α,β-unsaturated/α-hetero) is 2. The molecule has 0 bridgehead atoms. The van der Waals surface area contributed by atoms with Gasteiger partial charge in [0.05, 0.1) is 11.9 Å². The van der Waals surface area contributed by atoms with Crippen LogP contribution in [-0.4, -0.2) is 16.6 Å². The van der Waals surface area contributed by atoms with Gasteiger partial charge in [-0.3, -0.25) is 9.59 Å². The van der Waals surface area contributed by atoms with Crippen LogP contribution in [0.15, 0.2) is 24.4 Å². The smallest absolute Gasteiger partial charge is 0.172 e. The van der Waals surface area contributed by atoms with Crippen LogP contribution in [0.3, 0.4) is 0 Å². The molecule has 1 aromatic heterocycles. The number of nitrogens with one attached hydrogen (secondary N) is 1. The number of aromatic amines is 1. The molecule has 0 unspecified atom stereocenters. The fourth-order valence-electron chi connectivity index (χ4n) is 1.67. The molecule has 2 rings (SSSR count). The van der Waals surface area contributed by atoms with Crippen LogP contribution in [0, 0.1) is 5.82 Å². The Morgan fingerprint density at radius 3 is 2.75 bits per heavy atom. The van der Waals surface area contributed by atoms with Crippen molar-refractivity contribution in [2.75, 3.05) is 0 Å². The first-order valence-electron chi connectivity index (χ1n) is 4.88. The molecular formula is C12H10FNO2. The molecule has 2 aromatic rings. The van der Waals surface area contributed by atoms with E-state index in [2.05, 4.69) is 4.98 Å². The van der Waals surface area contributed by atoms with Crippen LogP contribution in [-0.2, 0) is 4.79 Å². The summed E-state index contributed by atoms with van der Waals surface area (Å²) in [6.45, 7) is 1.35. The Balaban J connectivity index is 2.53. The van der Waals surface area contributed by atoms with Crippen LogP contribution in [0.4, 0.5) is 4.39 Å². The normalized spacial score (nSPS) is 10.6. The van der Waals surface area contributed by atoms with Crippen molar-refractivity contribution >= 4 is 22.5 Å². The van der Waals surface area contributed by atoms with E-state index in [1.54, 1.807) is 12.3 Å². The zero-order valence-corrected chi connectivity index (χ0v) is 8.71. The molecule has 0 atom stereocenters. The second kappa shape index (κ2) is 3.89. The summed E-state index contributed by atoms with van der Waals surface area (Å²) in [5.74, 6) is -0.871. The van der Waals surface area contributed by atoms with Gasteiger partial charge in [-0.1, -0.05) is 0 Å². The summed E-state index contributed by atoms with van der Waals surface area (Å²) in [6.07, 6.45) is 1.41. The number of halogens is 1. The lowest BCUT2D eigenvalue weighted by atomic mass is 10.0. The van der Waals surface area contributed by atoms with Crippen molar-refractivity contribution in [3.05, 3.63) is 35.8 Å².